The first-order valence-corrected chi connectivity index (χ1v) is 8.20. The Balaban J connectivity index is 1.80. The third-order valence-corrected chi connectivity index (χ3v) is 6.51. The highest BCUT2D eigenvalue weighted by Gasteiger charge is 2.60. The van der Waals surface area contributed by atoms with E-state index in [-0.39, 0.29) is 12.0 Å². The van der Waals surface area contributed by atoms with Crippen LogP contribution in [0.5, 0.6) is 0 Å². The number of carbonyl (C=O) groups is 1. The quantitative estimate of drug-likeness (QED) is 0.812. The second-order valence-electron chi connectivity index (χ2n) is 8.54. The van der Waals surface area contributed by atoms with Crippen molar-refractivity contribution in [2.45, 2.75) is 58.8 Å². The molecule has 0 aliphatic heterocycles. The van der Waals surface area contributed by atoms with E-state index in [2.05, 4.69) is 13.8 Å². The summed E-state index contributed by atoms with van der Waals surface area (Å²) in [4.78, 5) is 12.0. The van der Waals surface area contributed by atoms with E-state index in [1.165, 1.54) is 19.3 Å². The fraction of sp³-hybridized carbons (Fsp3) is 0.941. The molecule has 4 rings (SSSR count). The van der Waals surface area contributed by atoms with E-state index in [4.69, 9.17) is 0 Å². The van der Waals surface area contributed by atoms with Crippen LogP contribution in [-0.2, 0) is 4.79 Å². The normalized spacial score (nSPS) is 43.0. The minimum atomic E-state index is -0.539. The van der Waals surface area contributed by atoms with Crippen LogP contribution in [0.4, 0.5) is 0 Å². The van der Waals surface area contributed by atoms with Crippen molar-refractivity contribution < 1.29 is 15.0 Å². The summed E-state index contributed by atoms with van der Waals surface area (Å²) in [6.45, 7) is 4.35. The van der Waals surface area contributed by atoms with Crippen LogP contribution in [0.1, 0.15) is 58.8 Å². The van der Waals surface area contributed by atoms with Gasteiger partial charge in [0.15, 0.2) is 0 Å². The number of hydrogen-bond acceptors (Lipinski definition) is 2. The van der Waals surface area contributed by atoms with Crippen molar-refractivity contribution in [2.24, 2.45) is 34.5 Å². The van der Waals surface area contributed by atoms with Gasteiger partial charge < -0.3 is 10.2 Å². The molecule has 4 saturated carbocycles. The zero-order valence-electron chi connectivity index (χ0n) is 12.8. The van der Waals surface area contributed by atoms with Gasteiger partial charge in [-0.25, -0.2) is 0 Å². The van der Waals surface area contributed by atoms with E-state index in [0.29, 0.717) is 23.7 Å². The van der Waals surface area contributed by atoms with Crippen molar-refractivity contribution in [1.29, 1.82) is 0 Å². The molecule has 0 radical (unpaired) electrons. The monoisotopic (exact) mass is 280 g/mol. The van der Waals surface area contributed by atoms with Crippen LogP contribution in [0.2, 0.25) is 0 Å². The smallest absolute Gasteiger partial charge is 0.309 e. The van der Waals surface area contributed by atoms with Crippen molar-refractivity contribution in [3.05, 3.63) is 0 Å². The lowest BCUT2D eigenvalue weighted by molar-refractivity contribution is -0.179. The van der Waals surface area contributed by atoms with Crippen molar-refractivity contribution >= 4 is 5.97 Å². The third kappa shape index (κ3) is 2.18. The van der Waals surface area contributed by atoms with Crippen molar-refractivity contribution in [1.82, 2.24) is 0 Å². The first-order chi connectivity index (χ1) is 9.36. The van der Waals surface area contributed by atoms with Gasteiger partial charge in [-0.05, 0) is 74.0 Å². The van der Waals surface area contributed by atoms with E-state index in [0.717, 1.165) is 25.7 Å². The fourth-order valence-corrected chi connectivity index (χ4v) is 5.62. The van der Waals surface area contributed by atoms with Crippen LogP contribution in [0, 0.1) is 34.5 Å². The Morgan fingerprint density at radius 3 is 2.30 bits per heavy atom. The molecule has 20 heavy (non-hydrogen) atoms. The van der Waals surface area contributed by atoms with E-state index >= 15 is 0 Å². The van der Waals surface area contributed by atoms with Crippen molar-refractivity contribution in [3.8, 4) is 0 Å². The number of aliphatic hydroxyl groups is 1. The van der Waals surface area contributed by atoms with Gasteiger partial charge in [0.2, 0.25) is 0 Å². The Labute approximate surface area is 121 Å². The zero-order valence-corrected chi connectivity index (χ0v) is 12.8. The molecular formula is C17H28O3. The summed E-state index contributed by atoms with van der Waals surface area (Å²) in [7, 11) is 0. The minimum absolute atomic E-state index is 0.0750. The van der Waals surface area contributed by atoms with E-state index < -0.39 is 11.4 Å². The van der Waals surface area contributed by atoms with Gasteiger partial charge >= 0.3 is 5.97 Å². The van der Waals surface area contributed by atoms with Gasteiger partial charge in [0.25, 0.3) is 0 Å². The van der Waals surface area contributed by atoms with Crippen LogP contribution < -0.4 is 0 Å². The number of rotatable bonds is 5. The molecule has 0 spiro atoms. The number of carboxylic acid groups (broad SMARTS) is 1. The summed E-state index contributed by atoms with van der Waals surface area (Å²) < 4.78 is 0. The number of aliphatic carboxylic acids is 1. The van der Waals surface area contributed by atoms with Crippen LogP contribution in [0.15, 0.2) is 0 Å². The molecule has 114 valence electrons. The second-order valence-corrected chi connectivity index (χ2v) is 8.54. The minimum Gasteiger partial charge on any atom is -0.481 e. The van der Waals surface area contributed by atoms with Crippen LogP contribution in [-0.4, -0.2) is 22.8 Å². The molecule has 3 unspecified atom stereocenters. The molecule has 0 amide bonds. The summed E-state index contributed by atoms with van der Waals surface area (Å²) >= 11 is 0. The zero-order chi connectivity index (χ0) is 14.5. The number of carboxylic acids is 1. The molecule has 4 fully saturated rings. The average Bonchev–Trinajstić information content (AvgIpc) is 2.36. The molecule has 3 nitrogen and oxygen atoms in total. The summed E-state index contributed by atoms with van der Waals surface area (Å²) in [5.74, 6) is 1.78. The number of hydrogen-bond donors (Lipinski definition) is 2. The molecular weight excluding hydrogens is 252 g/mol. The first kappa shape index (κ1) is 14.4. The molecule has 0 aromatic rings. The summed E-state index contributed by atoms with van der Waals surface area (Å²) in [5, 5.41) is 19.3. The predicted molar refractivity (Wildman–Crippen MR) is 77.2 cm³/mol. The highest BCUT2D eigenvalue weighted by molar-refractivity contribution is 5.76. The Morgan fingerprint density at radius 2 is 1.80 bits per heavy atom. The van der Waals surface area contributed by atoms with Gasteiger partial charge in [0.1, 0.15) is 0 Å². The molecule has 4 aliphatic rings. The first-order valence-electron chi connectivity index (χ1n) is 8.20. The molecule has 3 atom stereocenters. The Kier molecular flexibility index (Phi) is 3.39. The maximum absolute atomic E-state index is 12.0. The fourth-order valence-electron chi connectivity index (χ4n) is 5.62. The number of aliphatic hydroxyl groups excluding tert-OH is 1. The Hall–Kier alpha value is -0.570. The average molecular weight is 280 g/mol. The summed E-state index contributed by atoms with van der Waals surface area (Å²) in [6.07, 6.45) is 7.55. The molecule has 0 aromatic carbocycles. The maximum Gasteiger partial charge on any atom is 0.309 e. The standard InChI is InChI=1S/C17H28O3/c1-16(2,10-18)4-3-14-13-6-11-5-12(7-13)9-17(14,8-11)15(19)20/h11-14,18H,3-10H2,1-2H3,(H,19,20). The molecule has 3 heteroatoms. The van der Waals surface area contributed by atoms with Crippen LogP contribution >= 0.6 is 0 Å². The van der Waals surface area contributed by atoms with Gasteiger partial charge in [0.05, 0.1) is 5.41 Å². The SMILES string of the molecule is CC(C)(CO)CCC1C2CC3CC(C2)CC1(C(=O)O)C3. The lowest BCUT2D eigenvalue weighted by atomic mass is 9.44. The summed E-state index contributed by atoms with van der Waals surface area (Å²) in [5.41, 5.74) is -0.505. The van der Waals surface area contributed by atoms with Crippen molar-refractivity contribution in [2.75, 3.05) is 6.61 Å². The van der Waals surface area contributed by atoms with E-state index in [9.17, 15) is 15.0 Å². The van der Waals surface area contributed by atoms with Gasteiger partial charge in [-0.15, -0.1) is 0 Å². The molecule has 0 aromatic heterocycles. The van der Waals surface area contributed by atoms with E-state index in [1.54, 1.807) is 0 Å². The summed E-state index contributed by atoms with van der Waals surface area (Å²) in [6, 6.07) is 0. The molecule has 4 aliphatic carbocycles. The second kappa shape index (κ2) is 4.72. The Morgan fingerprint density at radius 1 is 1.20 bits per heavy atom. The highest BCUT2D eigenvalue weighted by Crippen LogP contribution is 2.64. The molecule has 4 bridgehead atoms. The van der Waals surface area contributed by atoms with Crippen LogP contribution in [0.25, 0.3) is 0 Å². The van der Waals surface area contributed by atoms with Crippen LogP contribution in [0.3, 0.4) is 0 Å². The lowest BCUT2D eigenvalue weighted by Gasteiger charge is -2.59. The van der Waals surface area contributed by atoms with Gasteiger partial charge in [-0.3, -0.25) is 4.79 Å². The topological polar surface area (TPSA) is 57.5 Å². The Bertz CT molecular complexity index is 387. The van der Waals surface area contributed by atoms with Gasteiger partial charge in [-0.1, -0.05) is 13.8 Å². The molecule has 2 N–H and O–H groups in total. The van der Waals surface area contributed by atoms with Gasteiger partial charge in [-0.2, -0.15) is 0 Å². The lowest BCUT2D eigenvalue weighted by Crippen LogP contribution is -2.56. The maximum atomic E-state index is 12.0. The van der Waals surface area contributed by atoms with E-state index in [1.807, 2.05) is 0 Å². The molecule has 0 heterocycles. The predicted octanol–water partition coefficient (Wildman–Crippen LogP) is 3.31. The molecule has 0 saturated heterocycles. The third-order valence-electron chi connectivity index (χ3n) is 6.51. The highest BCUT2D eigenvalue weighted by atomic mass is 16.4. The van der Waals surface area contributed by atoms with Crippen molar-refractivity contribution in [3.63, 3.8) is 0 Å². The largest absolute Gasteiger partial charge is 0.481 e. The van der Waals surface area contributed by atoms with Gasteiger partial charge in [0, 0.05) is 6.61 Å².